The standard InChI is InChI=1S/C20H28N2O3/c1-13-11-22(8-7-19(13)23)12-16-5-6-20(24-4)17(9-16)10-18-14(2)21-25-15(18)3/h5-6,9,13,19,23H,7-8,10-12H2,1-4H3/t13-,19+/m0/s1. The Kier molecular flexibility index (Phi) is 5.45. The average Bonchev–Trinajstić information content (AvgIpc) is 2.90. The van der Waals surface area contributed by atoms with Gasteiger partial charge in [-0.3, -0.25) is 4.90 Å². The molecule has 2 atom stereocenters. The zero-order chi connectivity index (χ0) is 18.0. The highest BCUT2D eigenvalue weighted by Crippen LogP contribution is 2.27. The number of aliphatic hydroxyl groups is 1. The first kappa shape index (κ1) is 18.0. The van der Waals surface area contributed by atoms with Gasteiger partial charge in [0.15, 0.2) is 0 Å². The molecule has 3 rings (SSSR count). The molecule has 1 aliphatic rings. The molecule has 1 N–H and O–H groups in total. The maximum absolute atomic E-state index is 9.91. The van der Waals surface area contributed by atoms with Crippen LogP contribution in [0.5, 0.6) is 5.75 Å². The van der Waals surface area contributed by atoms with E-state index in [4.69, 9.17) is 9.26 Å². The highest BCUT2D eigenvalue weighted by atomic mass is 16.5. The van der Waals surface area contributed by atoms with Gasteiger partial charge in [0.05, 0.1) is 18.9 Å². The fraction of sp³-hybridized carbons (Fsp3) is 0.550. The molecular formula is C20H28N2O3. The van der Waals surface area contributed by atoms with E-state index in [0.29, 0.717) is 5.92 Å². The van der Waals surface area contributed by atoms with E-state index in [1.54, 1.807) is 7.11 Å². The van der Waals surface area contributed by atoms with E-state index in [-0.39, 0.29) is 6.10 Å². The minimum Gasteiger partial charge on any atom is -0.496 e. The van der Waals surface area contributed by atoms with Crippen LogP contribution in [-0.4, -0.2) is 41.5 Å². The van der Waals surface area contributed by atoms with Crippen LogP contribution in [0.2, 0.25) is 0 Å². The molecule has 5 nitrogen and oxygen atoms in total. The van der Waals surface area contributed by atoms with Gasteiger partial charge in [0.2, 0.25) is 0 Å². The third-order valence-electron chi connectivity index (χ3n) is 5.24. The molecule has 0 saturated carbocycles. The van der Waals surface area contributed by atoms with Gasteiger partial charge in [-0.2, -0.15) is 0 Å². The summed E-state index contributed by atoms with van der Waals surface area (Å²) < 4.78 is 10.8. The molecule has 25 heavy (non-hydrogen) atoms. The van der Waals surface area contributed by atoms with E-state index < -0.39 is 0 Å². The molecule has 0 amide bonds. The van der Waals surface area contributed by atoms with Gasteiger partial charge in [-0.25, -0.2) is 0 Å². The first-order valence-corrected chi connectivity index (χ1v) is 8.96. The summed E-state index contributed by atoms with van der Waals surface area (Å²) in [5, 5.41) is 14.0. The average molecular weight is 344 g/mol. The van der Waals surface area contributed by atoms with E-state index in [0.717, 1.165) is 60.8 Å². The van der Waals surface area contributed by atoms with E-state index in [2.05, 4.69) is 29.1 Å². The number of piperidine rings is 1. The summed E-state index contributed by atoms with van der Waals surface area (Å²) in [7, 11) is 1.71. The molecule has 0 bridgehead atoms. The fourth-order valence-corrected chi connectivity index (χ4v) is 3.63. The van der Waals surface area contributed by atoms with Crippen LogP contribution in [0.15, 0.2) is 22.7 Å². The molecule has 1 aromatic carbocycles. The molecule has 136 valence electrons. The van der Waals surface area contributed by atoms with Gasteiger partial charge in [0, 0.05) is 31.6 Å². The third-order valence-corrected chi connectivity index (χ3v) is 5.24. The Balaban J connectivity index is 1.78. The first-order valence-electron chi connectivity index (χ1n) is 8.96. The molecule has 1 saturated heterocycles. The van der Waals surface area contributed by atoms with Crippen molar-refractivity contribution in [3.05, 3.63) is 46.3 Å². The second-order valence-electron chi connectivity index (χ2n) is 7.19. The van der Waals surface area contributed by atoms with Crippen LogP contribution in [-0.2, 0) is 13.0 Å². The van der Waals surface area contributed by atoms with Crippen molar-refractivity contribution in [2.75, 3.05) is 20.2 Å². The summed E-state index contributed by atoms with van der Waals surface area (Å²) in [4.78, 5) is 2.42. The van der Waals surface area contributed by atoms with E-state index in [1.807, 2.05) is 19.9 Å². The van der Waals surface area contributed by atoms with Crippen LogP contribution in [0.4, 0.5) is 0 Å². The van der Waals surface area contributed by atoms with Crippen LogP contribution in [0, 0.1) is 19.8 Å². The topological polar surface area (TPSA) is 58.7 Å². The lowest BCUT2D eigenvalue weighted by atomic mass is 9.96. The van der Waals surface area contributed by atoms with Crippen LogP contribution in [0.1, 0.15) is 41.5 Å². The molecule has 1 aromatic heterocycles. The number of aryl methyl sites for hydroxylation is 2. The van der Waals surface area contributed by atoms with Crippen LogP contribution in [0.25, 0.3) is 0 Å². The zero-order valence-corrected chi connectivity index (χ0v) is 15.6. The second kappa shape index (κ2) is 7.58. The number of benzene rings is 1. The highest BCUT2D eigenvalue weighted by Gasteiger charge is 2.24. The summed E-state index contributed by atoms with van der Waals surface area (Å²) in [6.07, 6.45) is 1.44. The van der Waals surface area contributed by atoms with Crippen LogP contribution >= 0.6 is 0 Å². The largest absolute Gasteiger partial charge is 0.496 e. The lowest BCUT2D eigenvalue weighted by molar-refractivity contribution is 0.0320. The maximum atomic E-state index is 9.91. The number of likely N-dealkylation sites (tertiary alicyclic amines) is 1. The Morgan fingerprint density at radius 1 is 1.36 bits per heavy atom. The van der Waals surface area contributed by atoms with Crippen molar-refractivity contribution in [3.63, 3.8) is 0 Å². The van der Waals surface area contributed by atoms with Gasteiger partial charge in [0.1, 0.15) is 11.5 Å². The summed E-state index contributed by atoms with van der Waals surface area (Å²) >= 11 is 0. The predicted molar refractivity (Wildman–Crippen MR) is 96.8 cm³/mol. The van der Waals surface area contributed by atoms with Gasteiger partial charge in [0.25, 0.3) is 0 Å². The van der Waals surface area contributed by atoms with Crippen molar-refractivity contribution in [2.24, 2.45) is 5.92 Å². The Labute approximate surface area is 149 Å². The smallest absolute Gasteiger partial charge is 0.137 e. The number of rotatable bonds is 5. The molecule has 0 unspecified atom stereocenters. The lowest BCUT2D eigenvalue weighted by Gasteiger charge is -2.34. The Hall–Kier alpha value is -1.85. The maximum Gasteiger partial charge on any atom is 0.137 e. The number of ether oxygens (including phenoxy) is 1. The molecule has 1 fully saturated rings. The number of hydrogen-bond donors (Lipinski definition) is 1. The molecule has 0 spiro atoms. The molecule has 0 radical (unpaired) electrons. The van der Waals surface area contributed by atoms with Crippen molar-refractivity contribution < 1.29 is 14.4 Å². The Morgan fingerprint density at radius 3 is 2.80 bits per heavy atom. The van der Waals surface area contributed by atoms with Crippen LogP contribution in [0.3, 0.4) is 0 Å². The minimum atomic E-state index is -0.165. The Morgan fingerprint density at radius 2 is 2.16 bits per heavy atom. The molecule has 0 aliphatic carbocycles. The number of nitrogens with zero attached hydrogens (tertiary/aromatic N) is 2. The highest BCUT2D eigenvalue weighted by molar-refractivity contribution is 5.41. The second-order valence-corrected chi connectivity index (χ2v) is 7.19. The van der Waals surface area contributed by atoms with Crippen molar-refractivity contribution in [2.45, 2.75) is 46.3 Å². The minimum absolute atomic E-state index is 0.165. The van der Waals surface area contributed by atoms with Crippen molar-refractivity contribution in [3.8, 4) is 5.75 Å². The summed E-state index contributed by atoms with van der Waals surface area (Å²) in [5.74, 6) is 2.09. The summed E-state index contributed by atoms with van der Waals surface area (Å²) in [6, 6.07) is 6.40. The van der Waals surface area contributed by atoms with Crippen LogP contribution < -0.4 is 4.74 Å². The van der Waals surface area contributed by atoms with Crippen molar-refractivity contribution in [1.29, 1.82) is 0 Å². The number of hydrogen-bond acceptors (Lipinski definition) is 5. The molecule has 5 heteroatoms. The van der Waals surface area contributed by atoms with E-state index in [1.165, 1.54) is 5.56 Å². The van der Waals surface area contributed by atoms with Gasteiger partial charge < -0.3 is 14.4 Å². The van der Waals surface area contributed by atoms with Gasteiger partial charge in [-0.05, 0) is 43.4 Å². The molecular weight excluding hydrogens is 316 g/mol. The molecule has 2 aromatic rings. The summed E-state index contributed by atoms with van der Waals surface area (Å²) in [5.41, 5.74) is 4.49. The van der Waals surface area contributed by atoms with Gasteiger partial charge in [-0.1, -0.05) is 24.2 Å². The molecule has 2 heterocycles. The summed E-state index contributed by atoms with van der Waals surface area (Å²) in [6.45, 7) is 8.82. The Bertz CT molecular complexity index is 706. The third kappa shape index (κ3) is 4.05. The quantitative estimate of drug-likeness (QED) is 0.903. The lowest BCUT2D eigenvalue weighted by Crippen LogP contribution is -2.41. The monoisotopic (exact) mass is 344 g/mol. The fourth-order valence-electron chi connectivity index (χ4n) is 3.63. The number of methoxy groups -OCH3 is 1. The number of aromatic nitrogens is 1. The van der Waals surface area contributed by atoms with Gasteiger partial charge in [-0.15, -0.1) is 0 Å². The first-order chi connectivity index (χ1) is 12.0. The predicted octanol–water partition coefficient (Wildman–Crippen LogP) is 3.09. The van der Waals surface area contributed by atoms with Crippen molar-refractivity contribution in [1.82, 2.24) is 10.1 Å². The zero-order valence-electron chi connectivity index (χ0n) is 15.6. The SMILES string of the molecule is COc1ccc(CN2CC[C@@H](O)[C@@H](C)C2)cc1Cc1c(C)noc1C. The number of aliphatic hydroxyl groups excluding tert-OH is 1. The molecule has 1 aliphatic heterocycles. The van der Waals surface area contributed by atoms with E-state index in [9.17, 15) is 5.11 Å². The van der Waals surface area contributed by atoms with Gasteiger partial charge >= 0.3 is 0 Å². The van der Waals surface area contributed by atoms with E-state index >= 15 is 0 Å². The van der Waals surface area contributed by atoms with Crippen molar-refractivity contribution >= 4 is 0 Å². The normalized spacial score (nSPS) is 21.5.